The molecule has 546 valence electrons. The van der Waals surface area contributed by atoms with Crippen LogP contribution in [0.2, 0.25) is 0 Å². The minimum absolute atomic E-state index is 0.255. The molecule has 12 rings (SSSR count). The second-order valence-electron chi connectivity index (χ2n) is 26.9. The van der Waals surface area contributed by atoms with E-state index in [9.17, 15) is 13.2 Å². The normalized spacial score (nSPS) is 10.8. The Morgan fingerprint density at radius 3 is 1.00 bits per heavy atom. The summed E-state index contributed by atoms with van der Waals surface area (Å²) in [6, 6.07) is 56.8. The van der Waals surface area contributed by atoms with Gasteiger partial charge in [0.25, 0.3) is 0 Å². The van der Waals surface area contributed by atoms with Gasteiger partial charge in [0.05, 0.1) is 34.2 Å². The average molecular weight is 1430 g/mol. The molecule has 107 heavy (non-hydrogen) atoms. The first kappa shape index (κ1) is 78.4. The zero-order chi connectivity index (χ0) is 74.5. The molecule has 7 aromatic heterocycles. The molecular formula is C93H98F3N11. The van der Waals surface area contributed by atoms with E-state index in [1.165, 1.54) is 98.0 Å². The molecule has 0 amide bonds. The Morgan fingerprint density at radius 1 is 0.308 bits per heavy atom. The summed E-state index contributed by atoms with van der Waals surface area (Å²) in [6.07, 6.45) is 35.8. The first-order valence-electron chi connectivity index (χ1n) is 38.0. The summed E-state index contributed by atoms with van der Waals surface area (Å²) < 4.78 is 47.7. The van der Waals surface area contributed by atoms with Crippen LogP contribution in [0.4, 0.5) is 13.2 Å². The lowest BCUT2D eigenvalue weighted by Crippen LogP contribution is -2.12. The van der Waals surface area contributed by atoms with Gasteiger partial charge in [-0.15, -0.1) is 0 Å². The van der Waals surface area contributed by atoms with Crippen molar-refractivity contribution >= 4 is 0 Å². The van der Waals surface area contributed by atoms with E-state index >= 15 is 0 Å². The van der Waals surface area contributed by atoms with Crippen molar-refractivity contribution in [2.45, 2.75) is 162 Å². The number of imidazole rings is 3. The molecule has 0 saturated carbocycles. The molecule has 0 unspecified atom stereocenters. The SMILES string of the molecule is CCCC#Cc1nc(-c2ccc(F)cc2)c(-c2ccncc2)n1CCCCc1ccncc1.CCCCCCCC#Cc1nc(-c2ccc(F)cc2)c(-c2ccncc2)n1CCCc1ccccc1.CN(C)CCCCCCC#Cc1nc(-c2ccc(F)cc2)c(-c2ccncc2)n1CCCc1ccccc1. The van der Waals surface area contributed by atoms with Crippen molar-refractivity contribution in [3.63, 3.8) is 0 Å². The summed E-state index contributed by atoms with van der Waals surface area (Å²) in [7, 11) is 4.24. The second-order valence-corrected chi connectivity index (χ2v) is 26.9. The molecule has 0 fully saturated rings. The fourth-order valence-electron chi connectivity index (χ4n) is 12.8. The lowest BCUT2D eigenvalue weighted by Gasteiger charge is -2.12. The average Bonchev–Trinajstić information content (AvgIpc) is 1.65. The molecular weight excluding hydrogens is 1330 g/mol. The van der Waals surface area contributed by atoms with E-state index in [1.807, 2.05) is 60.9 Å². The molecule has 5 aromatic carbocycles. The van der Waals surface area contributed by atoms with Crippen molar-refractivity contribution < 1.29 is 13.2 Å². The highest BCUT2D eigenvalue weighted by molar-refractivity contribution is 5.82. The Labute approximate surface area is 632 Å². The topological polar surface area (TPSA) is 108 Å². The number of aromatic nitrogens is 10. The van der Waals surface area contributed by atoms with Crippen LogP contribution in [0.25, 0.3) is 67.5 Å². The monoisotopic (exact) mass is 1430 g/mol. The van der Waals surface area contributed by atoms with Crippen molar-refractivity contribution in [2.75, 3.05) is 20.6 Å². The van der Waals surface area contributed by atoms with Crippen LogP contribution in [0.1, 0.15) is 157 Å². The number of unbranched alkanes of at least 4 members (excludes halogenated alkanes) is 11. The van der Waals surface area contributed by atoms with Gasteiger partial charge >= 0.3 is 0 Å². The van der Waals surface area contributed by atoms with E-state index in [4.69, 9.17) is 15.0 Å². The molecule has 0 aliphatic carbocycles. The molecule has 0 atom stereocenters. The second kappa shape index (κ2) is 43.3. The van der Waals surface area contributed by atoms with Crippen LogP contribution in [0.3, 0.4) is 0 Å². The quantitative estimate of drug-likeness (QED) is 0.0312. The summed E-state index contributed by atoms with van der Waals surface area (Å²) in [4.78, 5) is 33.9. The van der Waals surface area contributed by atoms with Gasteiger partial charge in [-0.1, -0.05) is 131 Å². The van der Waals surface area contributed by atoms with Gasteiger partial charge < -0.3 is 18.6 Å². The summed E-state index contributed by atoms with van der Waals surface area (Å²) >= 11 is 0. The highest BCUT2D eigenvalue weighted by atomic mass is 19.1. The maximum atomic E-state index is 13.7. The minimum atomic E-state index is -0.261. The Kier molecular flexibility index (Phi) is 31.7. The van der Waals surface area contributed by atoms with Gasteiger partial charge in [-0.25, -0.2) is 28.1 Å². The smallest absolute Gasteiger partial charge is 0.186 e. The molecule has 0 N–H and O–H groups in total. The van der Waals surface area contributed by atoms with E-state index in [-0.39, 0.29) is 17.5 Å². The number of rotatable bonds is 31. The summed E-state index contributed by atoms with van der Waals surface area (Å²) in [5, 5.41) is 0. The first-order chi connectivity index (χ1) is 52.6. The van der Waals surface area contributed by atoms with Crippen molar-refractivity contribution in [1.82, 2.24) is 53.5 Å². The van der Waals surface area contributed by atoms with Gasteiger partial charge in [-0.2, -0.15) is 0 Å². The number of nitrogens with zero attached hydrogens (tertiary/aromatic N) is 11. The number of pyridine rings is 4. The van der Waals surface area contributed by atoms with Gasteiger partial charge in [-0.3, -0.25) is 19.9 Å². The van der Waals surface area contributed by atoms with Crippen molar-refractivity contribution in [2.24, 2.45) is 0 Å². The van der Waals surface area contributed by atoms with Crippen molar-refractivity contribution in [1.29, 1.82) is 0 Å². The van der Waals surface area contributed by atoms with Crippen LogP contribution in [-0.2, 0) is 38.9 Å². The fraction of sp³-hybridized carbons (Fsp3) is 0.301. The standard InChI is InChI=1S/C33H37FN4.C32H34FN3.C28H27FN4/c1-37(2)25-11-6-4-3-5-10-16-31-36-32(28-17-19-30(34)20-18-28)33(29-21-23-35-24-22-29)38(31)26-12-15-27-13-8-7-9-14-27;1-2-3-4-5-6-7-11-16-30-35-31(27-17-19-29(33)20-18-27)32(28-21-23-34-24-22-28)36(30)25-12-15-26-13-9-8-10-14-26;1-2-3-4-8-26-32-27(23-9-11-25(29)12-10-23)28(24-15-19-31-20-16-24)33(26)21-6-5-7-22-13-17-30-18-14-22/h7-9,13-14,17-24H,3-6,11-12,15,25-26H2,1-2H3;8-10,13-14,17-24H,2-7,12,15,25H2,1H3;9-20H,2-3,5-7,21H2,1H3. The molecule has 12 aromatic rings. The Hall–Kier alpha value is -11.2. The van der Waals surface area contributed by atoms with E-state index in [0.717, 1.165) is 195 Å². The number of hydrogen-bond acceptors (Lipinski definition) is 8. The van der Waals surface area contributed by atoms with Crippen LogP contribution in [0.15, 0.2) is 232 Å². The van der Waals surface area contributed by atoms with Crippen molar-refractivity contribution in [3.05, 3.63) is 283 Å². The molecule has 0 aliphatic rings. The number of benzene rings is 5. The predicted molar refractivity (Wildman–Crippen MR) is 430 cm³/mol. The Morgan fingerprint density at radius 2 is 0.636 bits per heavy atom. The number of aryl methyl sites for hydroxylation is 3. The van der Waals surface area contributed by atoms with Gasteiger partial charge in [0.2, 0.25) is 0 Å². The third-order valence-corrected chi connectivity index (χ3v) is 18.4. The Bertz CT molecular complexity index is 4780. The van der Waals surface area contributed by atoms with Crippen LogP contribution in [-0.4, -0.2) is 74.1 Å². The third kappa shape index (κ3) is 24.4. The van der Waals surface area contributed by atoms with Gasteiger partial charge in [0.15, 0.2) is 17.5 Å². The van der Waals surface area contributed by atoms with E-state index in [0.29, 0.717) is 0 Å². The maximum absolute atomic E-state index is 13.7. The van der Waals surface area contributed by atoms with Crippen LogP contribution < -0.4 is 0 Å². The fourth-order valence-corrected chi connectivity index (χ4v) is 12.8. The predicted octanol–water partition coefficient (Wildman–Crippen LogP) is 21.7. The Balaban J connectivity index is 0.000000172. The zero-order valence-corrected chi connectivity index (χ0v) is 62.5. The van der Waals surface area contributed by atoms with E-state index in [1.54, 1.807) is 73.6 Å². The summed E-state index contributed by atoms with van der Waals surface area (Å²) in [6.45, 7) is 7.86. The van der Waals surface area contributed by atoms with E-state index < -0.39 is 0 Å². The minimum Gasteiger partial charge on any atom is -0.317 e. The molecule has 0 radical (unpaired) electrons. The summed E-state index contributed by atoms with van der Waals surface area (Å²) in [5.41, 5.74) is 15.1. The van der Waals surface area contributed by atoms with Gasteiger partial charge in [0.1, 0.15) is 17.5 Å². The molecule has 0 aliphatic heterocycles. The maximum Gasteiger partial charge on any atom is 0.186 e. The molecule has 0 spiro atoms. The molecule has 14 heteroatoms. The zero-order valence-electron chi connectivity index (χ0n) is 62.5. The number of hydrogen-bond donors (Lipinski definition) is 0. The summed E-state index contributed by atoms with van der Waals surface area (Å²) in [5.74, 6) is 21.6. The molecule has 11 nitrogen and oxygen atoms in total. The third-order valence-electron chi connectivity index (χ3n) is 18.4. The van der Waals surface area contributed by atoms with Gasteiger partial charge in [-0.05, 0) is 247 Å². The highest BCUT2D eigenvalue weighted by Gasteiger charge is 2.23. The van der Waals surface area contributed by atoms with Crippen molar-refractivity contribution in [3.8, 4) is 103 Å². The first-order valence-corrected chi connectivity index (χ1v) is 38.0. The van der Waals surface area contributed by atoms with Crippen LogP contribution in [0, 0.1) is 53.0 Å². The molecule has 0 saturated heterocycles. The lowest BCUT2D eigenvalue weighted by molar-refractivity contribution is 0.390. The van der Waals surface area contributed by atoms with Crippen LogP contribution >= 0.6 is 0 Å². The van der Waals surface area contributed by atoms with E-state index in [2.05, 4.69) is 163 Å². The lowest BCUT2D eigenvalue weighted by atomic mass is 10.1. The van der Waals surface area contributed by atoms with Crippen LogP contribution in [0.5, 0.6) is 0 Å². The number of halogens is 3. The molecule has 0 bridgehead atoms. The highest BCUT2D eigenvalue weighted by Crippen LogP contribution is 2.37. The molecule has 7 heterocycles. The largest absolute Gasteiger partial charge is 0.317 e. The van der Waals surface area contributed by atoms with Gasteiger partial charge in [0, 0.05) is 122 Å².